The number of nitrogens with one attached hydrogen (secondary N) is 1. The molecule has 1 aromatic heterocycles. The first-order chi connectivity index (χ1) is 8.34. The SMILES string of the molecule is C[n+]1cc[nH]c1Cc1cccc2ccccc12. The van der Waals surface area contributed by atoms with Crippen molar-refractivity contribution in [2.75, 3.05) is 0 Å². The second-order valence-electron chi connectivity index (χ2n) is 4.33. The molecule has 1 N–H and O–H groups in total. The molecule has 84 valence electrons. The molecule has 0 bridgehead atoms. The Bertz CT molecular complexity index is 647. The Morgan fingerprint density at radius 3 is 2.71 bits per heavy atom. The summed E-state index contributed by atoms with van der Waals surface area (Å²) in [4.78, 5) is 3.28. The minimum absolute atomic E-state index is 0.935. The van der Waals surface area contributed by atoms with Gasteiger partial charge in [-0.05, 0) is 16.3 Å². The number of benzene rings is 2. The summed E-state index contributed by atoms with van der Waals surface area (Å²) in [7, 11) is 2.07. The van der Waals surface area contributed by atoms with E-state index in [1.165, 1.54) is 22.2 Å². The van der Waals surface area contributed by atoms with Crippen molar-refractivity contribution in [3.8, 4) is 0 Å². The lowest BCUT2D eigenvalue weighted by atomic mass is 10.0. The van der Waals surface area contributed by atoms with Crippen LogP contribution in [-0.2, 0) is 13.5 Å². The van der Waals surface area contributed by atoms with Crippen molar-refractivity contribution in [3.63, 3.8) is 0 Å². The van der Waals surface area contributed by atoms with Gasteiger partial charge in [0.1, 0.15) is 12.4 Å². The van der Waals surface area contributed by atoms with Gasteiger partial charge in [-0.15, -0.1) is 0 Å². The van der Waals surface area contributed by atoms with E-state index in [9.17, 15) is 0 Å². The fourth-order valence-electron chi connectivity index (χ4n) is 2.24. The fourth-order valence-corrected chi connectivity index (χ4v) is 2.24. The molecule has 0 spiro atoms. The van der Waals surface area contributed by atoms with Crippen LogP contribution in [0, 0.1) is 0 Å². The van der Waals surface area contributed by atoms with Crippen molar-refractivity contribution in [1.29, 1.82) is 0 Å². The lowest BCUT2D eigenvalue weighted by molar-refractivity contribution is -0.677. The van der Waals surface area contributed by atoms with Crippen molar-refractivity contribution in [3.05, 3.63) is 66.2 Å². The second-order valence-corrected chi connectivity index (χ2v) is 4.33. The normalized spacial score (nSPS) is 10.9. The number of aryl methyl sites for hydroxylation is 1. The number of fused-ring (bicyclic) bond motifs is 1. The summed E-state index contributed by atoms with van der Waals surface area (Å²) in [6, 6.07) is 15.0. The summed E-state index contributed by atoms with van der Waals surface area (Å²) in [6.45, 7) is 0. The van der Waals surface area contributed by atoms with Gasteiger partial charge in [0, 0.05) is 0 Å². The van der Waals surface area contributed by atoms with Crippen molar-refractivity contribution < 1.29 is 4.57 Å². The van der Waals surface area contributed by atoms with Crippen LogP contribution in [0.1, 0.15) is 11.4 Å². The smallest absolute Gasteiger partial charge is 0.247 e. The molecule has 2 nitrogen and oxygen atoms in total. The summed E-state index contributed by atoms with van der Waals surface area (Å²) in [5, 5.41) is 2.64. The van der Waals surface area contributed by atoms with Gasteiger partial charge in [-0.3, -0.25) is 0 Å². The van der Waals surface area contributed by atoms with Gasteiger partial charge in [-0.2, -0.15) is 0 Å². The van der Waals surface area contributed by atoms with Crippen LogP contribution in [0.4, 0.5) is 0 Å². The van der Waals surface area contributed by atoms with E-state index in [-0.39, 0.29) is 0 Å². The van der Waals surface area contributed by atoms with E-state index < -0.39 is 0 Å². The quantitative estimate of drug-likeness (QED) is 0.644. The third-order valence-electron chi connectivity index (χ3n) is 3.21. The molecule has 0 atom stereocenters. The van der Waals surface area contributed by atoms with Gasteiger partial charge in [-0.1, -0.05) is 42.5 Å². The Balaban J connectivity index is 2.09. The summed E-state index contributed by atoms with van der Waals surface area (Å²) in [6.07, 6.45) is 4.95. The first kappa shape index (κ1) is 10.1. The zero-order valence-corrected chi connectivity index (χ0v) is 9.85. The summed E-state index contributed by atoms with van der Waals surface area (Å²) in [5.41, 5.74) is 1.36. The molecule has 1 heterocycles. The van der Waals surface area contributed by atoms with Gasteiger partial charge in [0.05, 0.1) is 13.5 Å². The van der Waals surface area contributed by atoms with Crippen LogP contribution in [0.5, 0.6) is 0 Å². The summed E-state index contributed by atoms with van der Waals surface area (Å²) >= 11 is 0. The highest BCUT2D eigenvalue weighted by Crippen LogP contribution is 2.19. The Labute approximate surface area is 101 Å². The Morgan fingerprint density at radius 1 is 1.06 bits per heavy atom. The number of aromatic nitrogens is 2. The minimum atomic E-state index is 0.935. The lowest BCUT2D eigenvalue weighted by Crippen LogP contribution is -2.30. The van der Waals surface area contributed by atoms with Crippen molar-refractivity contribution in [2.45, 2.75) is 6.42 Å². The molecule has 0 amide bonds. The van der Waals surface area contributed by atoms with Crippen LogP contribution in [-0.4, -0.2) is 4.98 Å². The van der Waals surface area contributed by atoms with E-state index in [0.717, 1.165) is 6.42 Å². The molecule has 0 unspecified atom stereocenters. The van der Waals surface area contributed by atoms with Crippen LogP contribution in [0.2, 0.25) is 0 Å². The number of H-pyrrole nitrogens is 1. The highest BCUT2D eigenvalue weighted by molar-refractivity contribution is 5.85. The minimum Gasteiger partial charge on any atom is -0.247 e. The van der Waals surface area contributed by atoms with Crippen LogP contribution >= 0.6 is 0 Å². The summed E-state index contributed by atoms with van der Waals surface area (Å²) < 4.78 is 2.13. The zero-order chi connectivity index (χ0) is 11.7. The monoisotopic (exact) mass is 223 g/mol. The molecular formula is C15H15N2+. The number of nitrogens with zero attached hydrogens (tertiary/aromatic N) is 1. The van der Waals surface area contributed by atoms with Crippen LogP contribution in [0.3, 0.4) is 0 Å². The number of imidazole rings is 1. The summed E-state index contributed by atoms with van der Waals surface area (Å²) in [5.74, 6) is 1.22. The lowest BCUT2D eigenvalue weighted by Gasteiger charge is -2.03. The standard InChI is InChI=1S/C15H14N2/c1-17-10-9-16-15(17)11-13-7-4-6-12-5-2-3-8-14(12)13/h2-10H,11H2,1H3/p+1. The van der Waals surface area contributed by atoms with Crippen LogP contribution < -0.4 is 4.57 Å². The molecule has 0 saturated heterocycles. The van der Waals surface area contributed by atoms with Gasteiger partial charge in [-0.25, -0.2) is 9.55 Å². The maximum absolute atomic E-state index is 3.28. The molecule has 0 aliphatic rings. The van der Waals surface area contributed by atoms with E-state index in [0.29, 0.717) is 0 Å². The van der Waals surface area contributed by atoms with Gasteiger partial charge < -0.3 is 0 Å². The number of aromatic amines is 1. The third-order valence-corrected chi connectivity index (χ3v) is 3.21. The number of hydrogen-bond acceptors (Lipinski definition) is 0. The second kappa shape index (κ2) is 4.06. The molecule has 0 saturated carbocycles. The first-order valence-corrected chi connectivity index (χ1v) is 5.83. The van der Waals surface area contributed by atoms with E-state index in [1.807, 2.05) is 12.4 Å². The van der Waals surface area contributed by atoms with Crippen molar-refractivity contribution in [2.24, 2.45) is 7.05 Å². The topological polar surface area (TPSA) is 19.7 Å². The molecule has 2 aromatic carbocycles. The number of hydrogen-bond donors (Lipinski definition) is 1. The van der Waals surface area contributed by atoms with E-state index in [1.54, 1.807) is 0 Å². The Morgan fingerprint density at radius 2 is 1.88 bits per heavy atom. The van der Waals surface area contributed by atoms with Gasteiger partial charge >= 0.3 is 0 Å². The number of rotatable bonds is 2. The van der Waals surface area contributed by atoms with Crippen LogP contribution in [0.25, 0.3) is 10.8 Å². The van der Waals surface area contributed by atoms with E-state index >= 15 is 0 Å². The van der Waals surface area contributed by atoms with Crippen molar-refractivity contribution in [1.82, 2.24) is 4.98 Å². The van der Waals surface area contributed by atoms with E-state index in [4.69, 9.17) is 0 Å². The fraction of sp³-hybridized carbons (Fsp3) is 0.133. The largest absolute Gasteiger partial charge is 0.258 e. The zero-order valence-electron chi connectivity index (χ0n) is 9.85. The molecular weight excluding hydrogens is 208 g/mol. The predicted octanol–water partition coefficient (Wildman–Crippen LogP) is 2.58. The molecule has 0 aliphatic heterocycles. The average Bonchev–Trinajstić information content (AvgIpc) is 2.76. The maximum atomic E-state index is 3.28. The van der Waals surface area contributed by atoms with Gasteiger partial charge in [0.25, 0.3) is 5.82 Å². The molecule has 0 radical (unpaired) electrons. The highest BCUT2D eigenvalue weighted by Gasteiger charge is 2.09. The molecule has 0 aliphatic carbocycles. The molecule has 3 rings (SSSR count). The third kappa shape index (κ3) is 1.82. The van der Waals surface area contributed by atoms with Gasteiger partial charge in [0.15, 0.2) is 0 Å². The maximum Gasteiger partial charge on any atom is 0.258 e. The first-order valence-electron chi connectivity index (χ1n) is 5.83. The molecule has 0 fully saturated rings. The molecule has 2 heteroatoms. The Hall–Kier alpha value is -2.09. The van der Waals surface area contributed by atoms with E-state index in [2.05, 4.69) is 59.1 Å². The van der Waals surface area contributed by atoms with Gasteiger partial charge in [0.2, 0.25) is 0 Å². The average molecular weight is 223 g/mol. The molecule has 17 heavy (non-hydrogen) atoms. The van der Waals surface area contributed by atoms with Crippen LogP contribution in [0.15, 0.2) is 54.9 Å². The predicted molar refractivity (Wildman–Crippen MR) is 68.7 cm³/mol. The Kier molecular flexibility index (Phi) is 2.41. The molecule has 3 aromatic rings. The highest BCUT2D eigenvalue weighted by atomic mass is 15.0. The van der Waals surface area contributed by atoms with Crippen molar-refractivity contribution >= 4 is 10.8 Å².